The molecule has 2 rings (SSSR count). The van der Waals surface area contributed by atoms with Gasteiger partial charge in [-0.2, -0.15) is 0 Å². The second-order valence-electron chi connectivity index (χ2n) is 3.70. The van der Waals surface area contributed by atoms with E-state index in [0.29, 0.717) is 10.7 Å². The van der Waals surface area contributed by atoms with E-state index < -0.39 is 0 Å². The Morgan fingerprint density at radius 3 is 2.65 bits per heavy atom. The number of carbonyl (C=O) groups excluding carboxylic acids is 1. The molecule has 0 radical (unpaired) electrons. The Labute approximate surface area is 109 Å². The van der Waals surface area contributed by atoms with Crippen molar-refractivity contribution in [3.8, 4) is 10.6 Å². The van der Waals surface area contributed by atoms with Crippen LogP contribution in [0, 0.1) is 0 Å². The molecule has 0 N–H and O–H groups in total. The molecule has 0 bridgehead atoms. The predicted molar refractivity (Wildman–Crippen MR) is 71.9 cm³/mol. The Kier molecular flexibility index (Phi) is 3.92. The topological polar surface area (TPSA) is 30.0 Å². The van der Waals surface area contributed by atoms with Crippen LogP contribution in [0.3, 0.4) is 0 Å². The highest BCUT2D eigenvalue weighted by Crippen LogP contribution is 2.29. The van der Waals surface area contributed by atoms with Crippen molar-refractivity contribution in [2.24, 2.45) is 0 Å². The molecule has 1 aromatic heterocycles. The summed E-state index contributed by atoms with van der Waals surface area (Å²) in [4.78, 5) is 16.3. The summed E-state index contributed by atoms with van der Waals surface area (Å²) in [7, 11) is 0. The van der Waals surface area contributed by atoms with Crippen LogP contribution in [0.15, 0.2) is 24.3 Å². The van der Waals surface area contributed by atoms with Gasteiger partial charge in [0, 0.05) is 15.5 Å². The number of aryl methyl sites for hydroxylation is 1. The van der Waals surface area contributed by atoms with Crippen LogP contribution >= 0.6 is 22.9 Å². The van der Waals surface area contributed by atoms with Crippen LogP contribution in [0.25, 0.3) is 10.6 Å². The van der Waals surface area contributed by atoms with Gasteiger partial charge in [-0.15, -0.1) is 11.3 Å². The number of hydrogen-bond donors (Lipinski definition) is 0. The lowest BCUT2D eigenvalue weighted by atomic mass is 10.2. The van der Waals surface area contributed by atoms with Crippen LogP contribution in [-0.2, 0) is 6.42 Å². The van der Waals surface area contributed by atoms with Crippen molar-refractivity contribution in [1.29, 1.82) is 0 Å². The molecular weight excluding hydrogens is 254 g/mol. The van der Waals surface area contributed by atoms with Gasteiger partial charge in [0.25, 0.3) is 0 Å². The highest BCUT2D eigenvalue weighted by molar-refractivity contribution is 7.15. The summed E-state index contributed by atoms with van der Waals surface area (Å²) >= 11 is 7.42. The van der Waals surface area contributed by atoms with Gasteiger partial charge in [0.05, 0.1) is 0 Å². The van der Waals surface area contributed by atoms with Crippen molar-refractivity contribution in [2.45, 2.75) is 19.8 Å². The molecule has 0 aliphatic heterocycles. The second kappa shape index (κ2) is 5.43. The summed E-state index contributed by atoms with van der Waals surface area (Å²) < 4.78 is 0. The van der Waals surface area contributed by atoms with Crippen molar-refractivity contribution < 1.29 is 4.79 Å². The molecule has 0 aliphatic carbocycles. The second-order valence-corrected chi connectivity index (χ2v) is 5.22. The molecule has 88 valence electrons. The highest BCUT2D eigenvalue weighted by Gasteiger charge is 2.11. The number of halogens is 1. The maximum Gasteiger partial charge on any atom is 0.169 e. The number of hydrogen-bond acceptors (Lipinski definition) is 3. The van der Waals surface area contributed by atoms with Gasteiger partial charge in [0.15, 0.2) is 6.29 Å². The lowest BCUT2D eigenvalue weighted by Gasteiger charge is -1.95. The van der Waals surface area contributed by atoms with Crippen LogP contribution in [-0.4, -0.2) is 11.3 Å². The fraction of sp³-hybridized carbons (Fsp3) is 0.231. The minimum Gasteiger partial charge on any atom is -0.296 e. The van der Waals surface area contributed by atoms with Crippen molar-refractivity contribution in [3.63, 3.8) is 0 Å². The fourth-order valence-corrected chi connectivity index (χ4v) is 2.84. The molecule has 0 fully saturated rings. The third kappa shape index (κ3) is 2.73. The normalized spacial score (nSPS) is 10.5. The van der Waals surface area contributed by atoms with Crippen molar-refractivity contribution in [2.75, 3.05) is 0 Å². The summed E-state index contributed by atoms with van der Waals surface area (Å²) in [6.07, 6.45) is 2.75. The van der Waals surface area contributed by atoms with E-state index in [1.807, 2.05) is 24.3 Å². The van der Waals surface area contributed by atoms with Gasteiger partial charge in [-0.1, -0.05) is 37.1 Å². The number of rotatable bonds is 4. The average molecular weight is 266 g/mol. The van der Waals surface area contributed by atoms with Crippen LogP contribution in [0.5, 0.6) is 0 Å². The Balaban J connectivity index is 2.38. The average Bonchev–Trinajstić information content (AvgIpc) is 2.74. The van der Waals surface area contributed by atoms with E-state index in [2.05, 4.69) is 11.9 Å². The van der Waals surface area contributed by atoms with Gasteiger partial charge in [-0.3, -0.25) is 4.79 Å². The van der Waals surface area contributed by atoms with Gasteiger partial charge >= 0.3 is 0 Å². The largest absolute Gasteiger partial charge is 0.296 e. The Hall–Kier alpha value is -1.19. The summed E-state index contributed by atoms with van der Waals surface area (Å²) in [5, 5.41) is 1.59. The lowest BCUT2D eigenvalue weighted by molar-refractivity contribution is 0.111. The molecule has 4 heteroatoms. The first-order valence-corrected chi connectivity index (χ1v) is 6.65. The van der Waals surface area contributed by atoms with Crippen molar-refractivity contribution in [3.05, 3.63) is 39.9 Å². The number of benzene rings is 1. The van der Waals surface area contributed by atoms with E-state index in [1.54, 1.807) is 11.3 Å². The van der Waals surface area contributed by atoms with Crippen LogP contribution in [0.1, 0.15) is 28.7 Å². The third-order valence-corrected chi connectivity index (χ3v) is 3.84. The molecule has 0 unspecified atom stereocenters. The smallest absolute Gasteiger partial charge is 0.169 e. The van der Waals surface area contributed by atoms with E-state index in [0.717, 1.165) is 34.6 Å². The van der Waals surface area contributed by atoms with Crippen molar-refractivity contribution in [1.82, 2.24) is 4.98 Å². The number of thiazole rings is 1. The zero-order valence-electron chi connectivity index (χ0n) is 9.44. The third-order valence-electron chi connectivity index (χ3n) is 2.41. The van der Waals surface area contributed by atoms with Gasteiger partial charge < -0.3 is 0 Å². The zero-order chi connectivity index (χ0) is 12.3. The molecule has 1 aromatic carbocycles. The maximum absolute atomic E-state index is 10.9. The Morgan fingerprint density at radius 2 is 2.06 bits per heavy atom. The van der Waals surface area contributed by atoms with Crippen molar-refractivity contribution >= 4 is 29.2 Å². The summed E-state index contributed by atoms with van der Waals surface area (Å²) in [6, 6.07) is 7.51. The van der Waals surface area contributed by atoms with Gasteiger partial charge in [-0.25, -0.2) is 4.98 Å². The first kappa shape index (κ1) is 12.3. The van der Waals surface area contributed by atoms with E-state index in [9.17, 15) is 4.79 Å². The molecule has 0 amide bonds. The molecular formula is C13H12ClNOS. The molecule has 0 saturated carbocycles. The number of carbonyl (C=O) groups is 1. The number of aromatic nitrogens is 1. The van der Waals surface area contributed by atoms with Crippen LogP contribution in [0.4, 0.5) is 0 Å². The minimum atomic E-state index is 0.571. The molecule has 2 aromatic rings. The summed E-state index contributed by atoms with van der Waals surface area (Å²) in [5.74, 6) is 0. The molecule has 17 heavy (non-hydrogen) atoms. The zero-order valence-corrected chi connectivity index (χ0v) is 11.0. The van der Waals surface area contributed by atoms with E-state index in [-0.39, 0.29) is 0 Å². The summed E-state index contributed by atoms with van der Waals surface area (Å²) in [5.41, 5.74) is 1.58. The quantitative estimate of drug-likeness (QED) is 0.775. The maximum atomic E-state index is 10.9. The Bertz CT molecular complexity index is 519. The Morgan fingerprint density at radius 1 is 1.35 bits per heavy atom. The molecule has 0 atom stereocenters. The molecule has 0 saturated heterocycles. The van der Waals surface area contributed by atoms with E-state index in [1.165, 1.54) is 0 Å². The number of nitrogens with zero attached hydrogens (tertiary/aromatic N) is 1. The van der Waals surface area contributed by atoms with E-state index >= 15 is 0 Å². The summed E-state index contributed by atoms with van der Waals surface area (Å²) in [6.45, 7) is 2.09. The predicted octanol–water partition coefficient (Wildman–Crippen LogP) is 4.23. The van der Waals surface area contributed by atoms with Gasteiger partial charge in [0.1, 0.15) is 10.7 Å². The minimum absolute atomic E-state index is 0.571. The number of aldehydes is 1. The first-order chi connectivity index (χ1) is 8.24. The first-order valence-electron chi connectivity index (χ1n) is 5.45. The molecule has 0 aliphatic rings. The SMILES string of the molecule is CCCc1sc(-c2ccc(Cl)cc2)nc1C=O. The molecule has 1 heterocycles. The van der Waals surface area contributed by atoms with Gasteiger partial charge in [0.2, 0.25) is 0 Å². The van der Waals surface area contributed by atoms with Gasteiger partial charge in [-0.05, 0) is 18.6 Å². The highest BCUT2D eigenvalue weighted by atomic mass is 35.5. The van der Waals surface area contributed by atoms with Crippen LogP contribution < -0.4 is 0 Å². The fourth-order valence-electron chi connectivity index (χ4n) is 1.58. The standard InChI is InChI=1S/C13H12ClNOS/c1-2-3-12-11(8-16)15-13(17-12)9-4-6-10(14)7-5-9/h4-8H,2-3H2,1H3. The molecule has 2 nitrogen and oxygen atoms in total. The molecule has 0 spiro atoms. The van der Waals surface area contributed by atoms with Crippen LogP contribution in [0.2, 0.25) is 5.02 Å². The van der Waals surface area contributed by atoms with E-state index in [4.69, 9.17) is 11.6 Å². The monoisotopic (exact) mass is 265 g/mol. The lowest BCUT2D eigenvalue weighted by Crippen LogP contribution is -1.87.